The minimum atomic E-state index is -0.270. The number of nitrogens with one attached hydrogen (secondary N) is 1. The van der Waals surface area contributed by atoms with E-state index < -0.39 is 0 Å². The Bertz CT molecular complexity index is 499. The van der Waals surface area contributed by atoms with Gasteiger partial charge in [-0.3, -0.25) is 9.59 Å². The Kier molecular flexibility index (Phi) is 4.16. The van der Waals surface area contributed by atoms with Crippen molar-refractivity contribution in [2.24, 2.45) is 5.73 Å². The minimum Gasteiger partial charge on any atom is -0.466 e. The zero-order valence-electron chi connectivity index (χ0n) is 10.9. The van der Waals surface area contributed by atoms with Crippen LogP contribution in [-0.2, 0) is 27.2 Å². The van der Waals surface area contributed by atoms with Crippen LogP contribution >= 0.6 is 0 Å². The number of ether oxygens (including phenoxy) is 1. The fourth-order valence-corrected chi connectivity index (χ4v) is 2.22. The Labute approximate surface area is 112 Å². The van der Waals surface area contributed by atoms with Crippen LogP contribution in [0.1, 0.15) is 24.5 Å². The van der Waals surface area contributed by atoms with E-state index in [0.29, 0.717) is 19.4 Å². The molecule has 0 fully saturated rings. The average molecular weight is 262 g/mol. The number of amides is 1. The van der Waals surface area contributed by atoms with Gasteiger partial charge in [-0.25, -0.2) is 0 Å². The lowest BCUT2D eigenvalue weighted by molar-refractivity contribution is -0.143. The second-order valence-electron chi connectivity index (χ2n) is 4.69. The summed E-state index contributed by atoms with van der Waals surface area (Å²) >= 11 is 0. The quantitative estimate of drug-likeness (QED) is 0.776. The highest BCUT2D eigenvalue weighted by atomic mass is 16.5. The van der Waals surface area contributed by atoms with Crippen molar-refractivity contribution in [3.05, 3.63) is 29.3 Å². The molecule has 1 amide bonds. The molecule has 1 aliphatic heterocycles. The molecule has 0 aliphatic carbocycles. The van der Waals surface area contributed by atoms with E-state index in [1.165, 1.54) is 0 Å². The average Bonchev–Trinajstić information content (AvgIpc) is 2.68. The van der Waals surface area contributed by atoms with Crippen LogP contribution in [0.15, 0.2) is 18.2 Å². The van der Waals surface area contributed by atoms with Crippen LogP contribution in [0, 0.1) is 0 Å². The summed E-state index contributed by atoms with van der Waals surface area (Å²) in [6, 6.07) is 5.52. The standard InChI is InChI=1S/C14H18N2O3/c1-2-19-14(18)8-11(15)6-9-3-4-12-10(5-9)7-13(17)16-12/h3-5,11H,2,6-8,15H2,1H3,(H,16,17). The van der Waals surface area contributed by atoms with Gasteiger partial charge >= 0.3 is 5.97 Å². The summed E-state index contributed by atoms with van der Waals surface area (Å²) in [5.41, 5.74) is 8.82. The van der Waals surface area contributed by atoms with Gasteiger partial charge in [-0.15, -0.1) is 0 Å². The maximum Gasteiger partial charge on any atom is 0.307 e. The van der Waals surface area contributed by atoms with Gasteiger partial charge < -0.3 is 15.8 Å². The van der Waals surface area contributed by atoms with Crippen molar-refractivity contribution in [1.29, 1.82) is 0 Å². The largest absolute Gasteiger partial charge is 0.466 e. The van der Waals surface area contributed by atoms with E-state index in [1.807, 2.05) is 18.2 Å². The van der Waals surface area contributed by atoms with Gasteiger partial charge in [0.25, 0.3) is 0 Å². The summed E-state index contributed by atoms with van der Waals surface area (Å²) in [5, 5.41) is 2.78. The third kappa shape index (κ3) is 3.54. The van der Waals surface area contributed by atoms with Crippen LogP contribution in [0.5, 0.6) is 0 Å². The second kappa shape index (κ2) is 5.84. The Morgan fingerprint density at radius 3 is 3.05 bits per heavy atom. The summed E-state index contributed by atoms with van der Waals surface area (Å²) in [5.74, 6) is -0.254. The number of fused-ring (bicyclic) bond motifs is 1. The molecule has 1 atom stereocenters. The molecule has 19 heavy (non-hydrogen) atoms. The van der Waals surface area contributed by atoms with Gasteiger partial charge in [-0.05, 0) is 30.5 Å². The van der Waals surface area contributed by atoms with Crippen LogP contribution < -0.4 is 11.1 Å². The maximum absolute atomic E-state index is 11.3. The summed E-state index contributed by atoms with van der Waals surface area (Å²) < 4.78 is 4.86. The maximum atomic E-state index is 11.3. The van der Waals surface area contributed by atoms with Gasteiger partial charge in [-0.1, -0.05) is 12.1 Å². The molecule has 0 saturated heterocycles. The van der Waals surface area contributed by atoms with Gasteiger partial charge in [-0.2, -0.15) is 0 Å². The molecule has 0 aromatic heterocycles. The van der Waals surface area contributed by atoms with Gasteiger partial charge in [0.1, 0.15) is 0 Å². The third-order valence-electron chi connectivity index (χ3n) is 3.03. The molecular weight excluding hydrogens is 244 g/mol. The van der Waals surface area contributed by atoms with Crippen molar-refractivity contribution in [3.63, 3.8) is 0 Å². The van der Waals surface area contributed by atoms with Crippen LogP contribution in [0.4, 0.5) is 5.69 Å². The zero-order valence-corrected chi connectivity index (χ0v) is 10.9. The highest BCUT2D eigenvalue weighted by molar-refractivity contribution is 5.99. The molecule has 1 aliphatic rings. The molecular formula is C14H18N2O3. The Hall–Kier alpha value is -1.88. The van der Waals surface area contributed by atoms with Crippen molar-refractivity contribution in [2.75, 3.05) is 11.9 Å². The van der Waals surface area contributed by atoms with Crippen molar-refractivity contribution < 1.29 is 14.3 Å². The Morgan fingerprint density at radius 2 is 2.32 bits per heavy atom. The molecule has 5 heteroatoms. The Balaban J connectivity index is 1.95. The first-order valence-electron chi connectivity index (χ1n) is 6.41. The molecule has 0 radical (unpaired) electrons. The van der Waals surface area contributed by atoms with Crippen LogP contribution in [0.3, 0.4) is 0 Å². The fraction of sp³-hybridized carbons (Fsp3) is 0.429. The van der Waals surface area contributed by atoms with E-state index in [9.17, 15) is 9.59 Å². The molecule has 102 valence electrons. The van der Waals surface area contributed by atoms with Crippen molar-refractivity contribution in [1.82, 2.24) is 0 Å². The van der Waals surface area contributed by atoms with E-state index in [-0.39, 0.29) is 24.3 Å². The number of carbonyl (C=O) groups is 2. The summed E-state index contributed by atoms with van der Waals surface area (Å²) in [6.45, 7) is 2.14. The fourth-order valence-electron chi connectivity index (χ4n) is 2.22. The molecule has 1 heterocycles. The monoisotopic (exact) mass is 262 g/mol. The number of carbonyl (C=O) groups excluding carboxylic acids is 2. The predicted octanol–water partition coefficient (Wildman–Crippen LogP) is 1.00. The number of esters is 1. The summed E-state index contributed by atoms with van der Waals surface area (Å²) in [4.78, 5) is 22.6. The highest BCUT2D eigenvalue weighted by Crippen LogP contribution is 2.24. The molecule has 1 unspecified atom stereocenters. The highest BCUT2D eigenvalue weighted by Gasteiger charge is 2.18. The number of rotatable bonds is 5. The first-order chi connectivity index (χ1) is 9.08. The molecule has 1 aromatic rings. The summed E-state index contributed by atoms with van der Waals surface area (Å²) in [7, 11) is 0. The van der Waals surface area contributed by atoms with E-state index in [2.05, 4.69) is 5.32 Å². The molecule has 3 N–H and O–H groups in total. The topological polar surface area (TPSA) is 81.4 Å². The van der Waals surface area contributed by atoms with Gasteiger partial charge in [0, 0.05) is 11.7 Å². The van der Waals surface area contributed by atoms with E-state index >= 15 is 0 Å². The number of hydrogen-bond acceptors (Lipinski definition) is 4. The molecule has 1 aromatic carbocycles. The third-order valence-corrected chi connectivity index (χ3v) is 3.03. The number of benzene rings is 1. The lowest BCUT2D eigenvalue weighted by Crippen LogP contribution is -2.27. The first-order valence-corrected chi connectivity index (χ1v) is 6.41. The van der Waals surface area contributed by atoms with Crippen molar-refractivity contribution in [2.45, 2.75) is 32.2 Å². The van der Waals surface area contributed by atoms with Gasteiger partial charge in [0.15, 0.2) is 0 Å². The van der Waals surface area contributed by atoms with Gasteiger partial charge in [0.05, 0.1) is 19.4 Å². The van der Waals surface area contributed by atoms with E-state index in [4.69, 9.17) is 10.5 Å². The smallest absolute Gasteiger partial charge is 0.307 e. The molecule has 5 nitrogen and oxygen atoms in total. The SMILES string of the molecule is CCOC(=O)CC(N)Cc1ccc2c(c1)CC(=O)N2. The van der Waals surface area contributed by atoms with Crippen LogP contribution in [-0.4, -0.2) is 24.5 Å². The lowest BCUT2D eigenvalue weighted by atomic mass is 10.0. The predicted molar refractivity (Wildman–Crippen MR) is 71.7 cm³/mol. The molecule has 0 spiro atoms. The van der Waals surface area contributed by atoms with E-state index in [0.717, 1.165) is 16.8 Å². The van der Waals surface area contributed by atoms with Crippen molar-refractivity contribution in [3.8, 4) is 0 Å². The van der Waals surface area contributed by atoms with Crippen LogP contribution in [0.25, 0.3) is 0 Å². The summed E-state index contributed by atoms with van der Waals surface area (Å²) in [6.07, 6.45) is 1.22. The molecule has 0 saturated carbocycles. The molecule has 2 rings (SSSR count). The zero-order chi connectivity index (χ0) is 13.8. The second-order valence-corrected chi connectivity index (χ2v) is 4.69. The van der Waals surface area contributed by atoms with E-state index in [1.54, 1.807) is 6.92 Å². The number of hydrogen-bond donors (Lipinski definition) is 2. The number of anilines is 1. The molecule has 0 bridgehead atoms. The number of nitrogens with two attached hydrogens (primary N) is 1. The van der Waals surface area contributed by atoms with Crippen LogP contribution in [0.2, 0.25) is 0 Å². The normalized spacial score (nSPS) is 14.7. The van der Waals surface area contributed by atoms with Gasteiger partial charge in [0.2, 0.25) is 5.91 Å². The first kappa shape index (κ1) is 13.5. The lowest BCUT2D eigenvalue weighted by Gasteiger charge is -2.11. The van der Waals surface area contributed by atoms with Crippen molar-refractivity contribution >= 4 is 17.6 Å². The minimum absolute atomic E-state index is 0.0166. The Morgan fingerprint density at radius 1 is 1.53 bits per heavy atom.